The Morgan fingerprint density at radius 3 is 2.54 bits per heavy atom. The molecule has 0 N–H and O–H groups in total. The molecule has 0 bridgehead atoms. The summed E-state index contributed by atoms with van der Waals surface area (Å²) in [5.41, 5.74) is 1.54. The van der Waals surface area contributed by atoms with E-state index in [9.17, 15) is 13.2 Å². The van der Waals surface area contributed by atoms with Crippen LogP contribution < -0.4 is 5.46 Å². The zero-order valence-corrected chi connectivity index (χ0v) is 22.6. The number of aromatic nitrogens is 3. The van der Waals surface area contributed by atoms with Gasteiger partial charge in [0.15, 0.2) is 5.65 Å². The van der Waals surface area contributed by atoms with Gasteiger partial charge in [-0.15, -0.1) is 11.3 Å². The maximum atomic E-state index is 13.4. The van der Waals surface area contributed by atoms with Crippen LogP contribution in [0.15, 0.2) is 59.1 Å². The van der Waals surface area contributed by atoms with E-state index in [0.717, 1.165) is 17.8 Å². The van der Waals surface area contributed by atoms with E-state index in [-0.39, 0.29) is 16.9 Å². The SMILES string of the molecule is [B]c1cnc2c(c1)c(-c1csc(C3CCN(C(=O)OC(C)(C)C)CC3)n1)cn2S(=O)(=O)c1ccccc1. The number of benzene rings is 1. The van der Waals surface area contributed by atoms with Crippen LogP contribution in [-0.4, -0.2) is 59.9 Å². The largest absolute Gasteiger partial charge is 0.444 e. The maximum absolute atomic E-state index is 13.4. The van der Waals surface area contributed by atoms with Crippen LogP contribution in [0.2, 0.25) is 0 Å². The summed E-state index contributed by atoms with van der Waals surface area (Å²) >= 11 is 1.54. The monoisotopic (exact) mass is 534 g/mol. The van der Waals surface area contributed by atoms with Crippen LogP contribution >= 0.6 is 11.3 Å². The average Bonchev–Trinajstić information content (AvgIpc) is 3.49. The van der Waals surface area contributed by atoms with Gasteiger partial charge in [0, 0.05) is 47.7 Å². The second-order valence-corrected chi connectivity index (χ2v) is 12.8. The fraction of sp³-hybridized carbons (Fsp3) is 0.346. The van der Waals surface area contributed by atoms with Crippen molar-refractivity contribution >= 4 is 51.8 Å². The third-order valence-electron chi connectivity index (χ3n) is 6.23. The number of pyridine rings is 1. The molecular weight excluding hydrogens is 507 g/mol. The maximum Gasteiger partial charge on any atom is 0.410 e. The van der Waals surface area contributed by atoms with Crippen molar-refractivity contribution in [3.05, 3.63) is 59.2 Å². The highest BCUT2D eigenvalue weighted by Crippen LogP contribution is 2.36. The molecule has 1 aliphatic rings. The van der Waals surface area contributed by atoms with Gasteiger partial charge < -0.3 is 9.64 Å². The number of fused-ring (bicyclic) bond motifs is 1. The lowest BCUT2D eigenvalue weighted by atomic mass is 9.97. The van der Waals surface area contributed by atoms with E-state index in [4.69, 9.17) is 17.6 Å². The highest BCUT2D eigenvalue weighted by atomic mass is 32.2. The molecule has 0 atom stereocenters. The van der Waals surface area contributed by atoms with Crippen LogP contribution in [-0.2, 0) is 14.8 Å². The number of hydrogen-bond acceptors (Lipinski definition) is 7. The van der Waals surface area contributed by atoms with E-state index in [0.29, 0.717) is 40.8 Å². The van der Waals surface area contributed by atoms with Crippen molar-refractivity contribution in [2.45, 2.75) is 50.0 Å². The molecule has 11 heteroatoms. The molecule has 37 heavy (non-hydrogen) atoms. The number of thiazole rings is 1. The van der Waals surface area contributed by atoms with Crippen LogP contribution in [0.1, 0.15) is 44.5 Å². The molecule has 0 unspecified atom stereocenters. The normalized spacial score (nSPS) is 15.3. The molecular formula is C26H27BN4O4S2. The van der Waals surface area contributed by atoms with Gasteiger partial charge in [0.1, 0.15) is 13.4 Å². The number of rotatable bonds is 4. The Morgan fingerprint density at radius 1 is 1.16 bits per heavy atom. The van der Waals surface area contributed by atoms with Gasteiger partial charge in [-0.25, -0.2) is 27.2 Å². The summed E-state index contributed by atoms with van der Waals surface area (Å²) in [4.78, 5) is 23.6. The van der Waals surface area contributed by atoms with Crippen LogP contribution in [0.5, 0.6) is 0 Å². The summed E-state index contributed by atoms with van der Waals surface area (Å²) in [5.74, 6) is 0.210. The zero-order valence-electron chi connectivity index (χ0n) is 20.9. The second kappa shape index (κ2) is 9.61. The lowest BCUT2D eigenvalue weighted by Gasteiger charge is -2.32. The van der Waals surface area contributed by atoms with Crippen molar-refractivity contribution < 1.29 is 17.9 Å². The van der Waals surface area contributed by atoms with Gasteiger partial charge in [-0.1, -0.05) is 29.7 Å². The number of carbonyl (C=O) groups is 1. The van der Waals surface area contributed by atoms with Gasteiger partial charge in [0.2, 0.25) is 0 Å². The van der Waals surface area contributed by atoms with Crippen molar-refractivity contribution in [1.29, 1.82) is 0 Å². The molecule has 190 valence electrons. The Hall–Kier alpha value is -3.18. The number of ether oxygens (including phenoxy) is 1. The Morgan fingerprint density at radius 2 is 1.86 bits per heavy atom. The smallest absolute Gasteiger partial charge is 0.410 e. The summed E-state index contributed by atoms with van der Waals surface area (Å²) < 4.78 is 33.6. The van der Waals surface area contributed by atoms with E-state index in [2.05, 4.69) is 4.98 Å². The van der Waals surface area contributed by atoms with E-state index in [1.54, 1.807) is 58.8 Å². The highest BCUT2D eigenvalue weighted by molar-refractivity contribution is 7.90. The summed E-state index contributed by atoms with van der Waals surface area (Å²) in [6.07, 6.45) is 4.30. The van der Waals surface area contributed by atoms with Crippen molar-refractivity contribution in [1.82, 2.24) is 18.8 Å². The molecule has 0 aliphatic carbocycles. The fourth-order valence-electron chi connectivity index (χ4n) is 4.42. The van der Waals surface area contributed by atoms with E-state index in [1.807, 2.05) is 26.2 Å². The van der Waals surface area contributed by atoms with Gasteiger partial charge in [-0.05, 0) is 45.7 Å². The van der Waals surface area contributed by atoms with Gasteiger partial charge in [0.25, 0.3) is 10.0 Å². The van der Waals surface area contributed by atoms with E-state index in [1.165, 1.54) is 10.2 Å². The molecule has 2 radical (unpaired) electrons. The molecule has 0 saturated carbocycles. The predicted molar refractivity (Wildman–Crippen MR) is 145 cm³/mol. The van der Waals surface area contributed by atoms with Crippen molar-refractivity contribution in [3.63, 3.8) is 0 Å². The van der Waals surface area contributed by atoms with Crippen LogP contribution in [0.4, 0.5) is 4.79 Å². The third kappa shape index (κ3) is 5.15. The van der Waals surface area contributed by atoms with Gasteiger partial charge in [0.05, 0.1) is 15.6 Å². The minimum Gasteiger partial charge on any atom is -0.444 e. The predicted octanol–water partition coefficient (Wildman–Crippen LogP) is 4.31. The minimum absolute atomic E-state index is 0.174. The van der Waals surface area contributed by atoms with Crippen LogP contribution in [0, 0.1) is 0 Å². The Kier molecular flexibility index (Phi) is 6.61. The van der Waals surface area contributed by atoms with Gasteiger partial charge >= 0.3 is 6.09 Å². The first-order chi connectivity index (χ1) is 17.5. The molecule has 4 heterocycles. The molecule has 4 aromatic rings. The number of hydrogen-bond donors (Lipinski definition) is 0. The fourth-order valence-corrected chi connectivity index (χ4v) is 6.76. The Balaban J connectivity index is 1.43. The molecule has 3 aromatic heterocycles. The summed E-state index contributed by atoms with van der Waals surface area (Å²) in [6.45, 7) is 6.78. The molecule has 1 aromatic carbocycles. The zero-order chi connectivity index (χ0) is 26.4. The van der Waals surface area contributed by atoms with E-state index < -0.39 is 15.6 Å². The second-order valence-electron chi connectivity index (χ2n) is 10.1. The lowest BCUT2D eigenvalue weighted by molar-refractivity contribution is 0.0205. The first-order valence-corrected chi connectivity index (χ1v) is 14.4. The quantitative estimate of drug-likeness (QED) is 0.363. The van der Waals surface area contributed by atoms with Gasteiger partial charge in [-0.2, -0.15) is 0 Å². The number of likely N-dealkylation sites (tertiary alicyclic amines) is 1. The Bertz CT molecular complexity index is 1550. The number of amides is 1. The van der Waals surface area contributed by atoms with E-state index >= 15 is 0 Å². The topological polar surface area (TPSA) is 94.4 Å². The number of carbonyl (C=O) groups excluding carboxylic acids is 1. The standard InChI is InChI=1S/C26H27BN4O4S2/c1-26(2,3)35-25(32)30-11-9-17(10-12-30)24-29-22(16-36-24)21-15-31(23-20(21)13-18(27)14-28-23)37(33,34)19-7-5-4-6-8-19/h4-8,13-17H,9-12H2,1-3H3. The summed E-state index contributed by atoms with van der Waals surface area (Å²) in [7, 11) is 2.15. The first-order valence-electron chi connectivity index (χ1n) is 12.0. The molecule has 0 spiro atoms. The molecule has 1 aliphatic heterocycles. The Labute approximate surface area is 221 Å². The molecule has 5 rings (SSSR count). The summed E-state index contributed by atoms with van der Waals surface area (Å²) in [6, 6.07) is 9.99. The first kappa shape index (κ1) is 25.5. The molecule has 1 amide bonds. The van der Waals surface area contributed by atoms with Crippen molar-refractivity contribution in [2.24, 2.45) is 0 Å². The summed E-state index contributed by atoms with van der Waals surface area (Å²) in [5, 5.41) is 3.52. The van der Waals surface area contributed by atoms with Gasteiger partial charge in [-0.3, -0.25) is 0 Å². The third-order valence-corrected chi connectivity index (χ3v) is 8.90. The minimum atomic E-state index is -3.87. The average molecular weight is 534 g/mol. The van der Waals surface area contributed by atoms with Crippen LogP contribution in [0.3, 0.4) is 0 Å². The molecule has 1 fully saturated rings. The highest BCUT2D eigenvalue weighted by Gasteiger charge is 2.29. The molecule has 8 nitrogen and oxygen atoms in total. The number of piperidine rings is 1. The lowest BCUT2D eigenvalue weighted by Crippen LogP contribution is -2.41. The van der Waals surface area contributed by atoms with Crippen molar-refractivity contribution in [2.75, 3.05) is 13.1 Å². The van der Waals surface area contributed by atoms with Crippen LogP contribution in [0.25, 0.3) is 22.3 Å². The number of nitrogens with zero attached hydrogens (tertiary/aromatic N) is 4. The molecule has 1 saturated heterocycles. The van der Waals surface area contributed by atoms with Crippen molar-refractivity contribution in [3.8, 4) is 11.3 Å².